The number of anilines is 1. The zero-order valence-corrected chi connectivity index (χ0v) is 12.1. The Labute approximate surface area is 115 Å². The summed E-state index contributed by atoms with van der Waals surface area (Å²) in [4.78, 5) is 22.8. The van der Waals surface area contributed by atoms with Gasteiger partial charge < -0.3 is 11.1 Å². The molecule has 0 saturated heterocycles. The first-order chi connectivity index (χ1) is 8.86. The summed E-state index contributed by atoms with van der Waals surface area (Å²) in [5.41, 5.74) is 5.71. The molecule has 1 atom stereocenters. The monoisotopic (exact) mass is 286 g/mol. The average molecular weight is 286 g/mol. The van der Waals surface area contributed by atoms with E-state index in [-0.39, 0.29) is 6.04 Å². The molecule has 0 aromatic carbocycles. The molecule has 0 spiro atoms. The third kappa shape index (κ3) is 3.85. The molecule has 106 valence electrons. The van der Waals surface area contributed by atoms with E-state index < -0.39 is 17.2 Å². The lowest BCUT2D eigenvalue weighted by atomic mass is 10.4. The Morgan fingerprint density at radius 2 is 1.95 bits per heavy atom. The third-order valence-electron chi connectivity index (χ3n) is 2.32. The van der Waals surface area contributed by atoms with E-state index in [0.29, 0.717) is 11.1 Å². The molecule has 4 N–H and O–H groups in total. The molecule has 1 aromatic rings. The predicted octanol–water partition coefficient (Wildman–Crippen LogP) is 0.377. The summed E-state index contributed by atoms with van der Waals surface area (Å²) >= 11 is 1.20. The number of thioether (sulfide) groups is 1. The van der Waals surface area contributed by atoms with Gasteiger partial charge in [0.05, 0.1) is 5.25 Å². The van der Waals surface area contributed by atoms with Crippen LogP contribution in [0.4, 0.5) is 10.7 Å². The number of aromatic nitrogens is 3. The van der Waals surface area contributed by atoms with Gasteiger partial charge in [0.25, 0.3) is 0 Å². The van der Waals surface area contributed by atoms with E-state index in [4.69, 9.17) is 5.73 Å². The Kier molecular flexibility index (Phi) is 5.16. The van der Waals surface area contributed by atoms with Crippen LogP contribution < -0.4 is 16.4 Å². The summed E-state index contributed by atoms with van der Waals surface area (Å²) in [6, 6.07) is -0.450. The molecule has 0 fully saturated rings. The summed E-state index contributed by atoms with van der Waals surface area (Å²) in [5, 5.41) is 12.3. The highest BCUT2D eigenvalue weighted by atomic mass is 32.2. The smallest absolute Gasteiger partial charge is 0.321 e. The molecule has 0 radical (unpaired) electrons. The molecule has 3 amide bonds. The minimum atomic E-state index is -0.540. The predicted molar refractivity (Wildman–Crippen MR) is 72.7 cm³/mol. The van der Waals surface area contributed by atoms with E-state index in [1.807, 2.05) is 13.8 Å². The first-order valence-corrected chi connectivity index (χ1v) is 6.64. The van der Waals surface area contributed by atoms with Gasteiger partial charge in [-0.25, -0.2) is 4.79 Å². The lowest BCUT2D eigenvalue weighted by Crippen LogP contribution is -2.41. The van der Waals surface area contributed by atoms with Crippen molar-refractivity contribution >= 4 is 29.6 Å². The van der Waals surface area contributed by atoms with Crippen molar-refractivity contribution < 1.29 is 9.59 Å². The Morgan fingerprint density at radius 1 is 1.32 bits per heavy atom. The van der Waals surface area contributed by atoms with Gasteiger partial charge in [-0.15, -0.1) is 10.2 Å². The molecule has 1 aromatic heterocycles. The maximum absolute atomic E-state index is 11.7. The minimum absolute atomic E-state index is 0.0895. The normalized spacial score (nSPS) is 12.3. The van der Waals surface area contributed by atoms with Crippen molar-refractivity contribution in [3.8, 4) is 0 Å². The Hall–Kier alpha value is -1.77. The summed E-state index contributed by atoms with van der Waals surface area (Å²) in [5.74, 6) is -0.0994. The second kappa shape index (κ2) is 6.41. The standard InChI is InChI=1S/C10H18N6O2S/c1-5(2)16-8(11)14-15-10(16)19-6(3)7(17)13-9(18)12-4/h5-6H,1-4H3,(H2,11,14)(H2,12,13,17,18). The van der Waals surface area contributed by atoms with Crippen LogP contribution in [0.5, 0.6) is 0 Å². The molecular formula is C10H18N6O2S. The van der Waals surface area contributed by atoms with Crippen LogP contribution >= 0.6 is 11.8 Å². The second-order valence-corrected chi connectivity index (χ2v) is 5.44. The van der Waals surface area contributed by atoms with E-state index >= 15 is 0 Å². The van der Waals surface area contributed by atoms with Crippen molar-refractivity contribution in [1.29, 1.82) is 0 Å². The van der Waals surface area contributed by atoms with Gasteiger partial charge in [-0.1, -0.05) is 11.8 Å². The number of carbonyl (C=O) groups excluding carboxylic acids is 2. The molecule has 0 aliphatic rings. The quantitative estimate of drug-likeness (QED) is 0.689. The van der Waals surface area contributed by atoms with E-state index in [0.717, 1.165) is 0 Å². The second-order valence-electron chi connectivity index (χ2n) is 4.13. The molecule has 1 rings (SSSR count). The van der Waals surface area contributed by atoms with Gasteiger partial charge >= 0.3 is 6.03 Å². The van der Waals surface area contributed by atoms with Gasteiger partial charge in [-0.3, -0.25) is 14.7 Å². The zero-order valence-electron chi connectivity index (χ0n) is 11.3. The number of nitrogens with zero attached hydrogens (tertiary/aromatic N) is 3. The summed E-state index contributed by atoms with van der Waals surface area (Å²) in [6.07, 6.45) is 0. The maximum atomic E-state index is 11.7. The van der Waals surface area contributed by atoms with Crippen molar-refractivity contribution in [2.75, 3.05) is 12.8 Å². The van der Waals surface area contributed by atoms with Gasteiger partial charge in [0.2, 0.25) is 11.9 Å². The molecule has 0 aliphatic heterocycles. The highest BCUT2D eigenvalue weighted by Crippen LogP contribution is 2.26. The molecule has 1 heterocycles. The highest BCUT2D eigenvalue weighted by molar-refractivity contribution is 8.00. The van der Waals surface area contributed by atoms with Crippen LogP contribution in [0.1, 0.15) is 26.8 Å². The van der Waals surface area contributed by atoms with Crippen molar-refractivity contribution in [2.24, 2.45) is 0 Å². The Bertz CT molecular complexity index is 473. The number of hydrogen-bond acceptors (Lipinski definition) is 6. The molecular weight excluding hydrogens is 268 g/mol. The van der Waals surface area contributed by atoms with Gasteiger partial charge in [-0.05, 0) is 20.8 Å². The number of nitrogens with two attached hydrogens (primary N) is 1. The zero-order chi connectivity index (χ0) is 14.6. The summed E-state index contributed by atoms with van der Waals surface area (Å²) in [6.45, 7) is 5.57. The van der Waals surface area contributed by atoms with Crippen LogP contribution in [0.15, 0.2) is 5.16 Å². The Balaban J connectivity index is 2.74. The molecule has 19 heavy (non-hydrogen) atoms. The van der Waals surface area contributed by atoms with Crippen molar-refractivity contribution in [1.82, 2.24) is 25.4 Å². The number of rotatable bonds is 4. The fourth-order valence-corrected chi connectivity index (χ4v) is 2.33. The van der Waals surface area contributed by atoms with Crippen molar-refractivity contribution in [2.45, 2.75) is 37.2 Å². The van der Waals surface area contributed by atoms with Gasteiger partial charge in [0.15, 0.2) is 5.16 Å². The topological polar surface area (TPSA) is 115 Å². The minimum Gasteiger partial charge on any atom is -0.368 e. The molecule has 0 aliphatic carbocycles. The summed E-state index contributed by atoms with van der Waals surface area (Å²) in [7, 11) is 1.44. The van der Waals surface area contributed by atoms with Crippen LogP contribution in [-0.2, 0) is 4.79 Å². The maximum Gasteiger partial charge on any atom is 0.321 e. The largest absolute Gasteiger partial charge is 0.368 e. The van der Waals surface area contributed by atoms with Gasteiger partial charge in [0.1, 0.15) is 0 Å². The molecule has 8 nitrogen and oxygen atoms in total. The van der Waals surface area contributed by atoms with Crippen LogP contribution in [0.3, 0.4) is 0 Å². The van der Waals surface area contributed by atoms with Crippen LogP contribution in [0.2, 0.25) is 0 Å². The first-order valence-electron chi connectivity index (χ1n) is 5.76. The lowest BCUT2D eigenvalue weighted by molar-refractivity contribution is -0.119. The van der Waals surface area contributed by atoms with Crippen molar-refractivity contribution in [3.63, 3.8) is 0 Å². The number of nitrogens with one attached hydrogen (secondary N) is 2. The number of hydrogen-bond donors (Lipinski definition) is 3. The molecule has 9 heteroatoms. The van der Waals surface area contributed by atoms with E-state index in [9.17, 15) is 9.59 Å². The van der Waals surface area contributed by atoms with E-state index in [2.05, 4.69) is 20.8 Å². The van der Waals surface area contributed by atoms with Crippen molar-refractivity contribution in [3.05, 3.63) is 0 Å². The fourth-order valence-electron chi connectivity index (χ4n) is 1.34. The highest BCUT2D eigenvalue weighted by Gasteiger charge is 2.21. The van der Waals surface area contributed by atoms with Gasteiger partial charge in [-0.2, -0.15) is 0 Å². The molecule has 1 unspecified atom stereocenters. The van der Waals surface area contributed by atoms with Crippen LogP contribution in [-0.4, -0.2) is 39.0 Å². The number of carbonyl (C=O) groups is 2. The third-order valence-corrected chi connectivity index (χ3v) is 3.38. The lowest BCUT2D eigenvalue weighted by Gasteiger charge is -2.14. The number of urea groups is 1. The van der Waals surface area contributed by atoms with E-state index in [1.54, 1.807) is 11.5 Å². The number of amides is 3. The van der Waals surface area contributed by atoms with E-state index in [1.165, 1.54) is 18.8 Å². The number of nitrogen functional groups attached to an aromatic ring is 1. The Morgan fingerprint density at radius 3 is 2.47 bits per heavy atom. The first kappa shape index (κ1) is 15.3. The summed E-state index contributed by atoms with van der Waals surface area (Å²) < 4.78 is 1.73. The van der Waals surface area contributed by atoms with Crippen LogP contribution in [0, 0.1) is 0 Å². The molecule has 0 bridgehead atoms. The SMILES string of the molecule is CNC(=O)NC(=O)C(C)Sc1nnc(N)n1C(C)C. The van der Waals surface area contributed by atoms with Gasteiger partial charge in [0, 0.05) is 13.1 Å². The molecule has 0 saturated carbocycles. The van der Waals surface area contributed by atoms with Crippen LogP contribution in [0.25, 0.3) is 0 Å². The number of imide groups is 1. The fraction of sp³-hybridized carbons (Fsp3) is 0.600. The average Bonchev–Trinajstić information content (AvgIpc) is 2.70.